The summed E-state index contributed by atoms with van der Waals surface area (Å²) in [6.07, 6.45) is 8.47. The van der Waals surface area contributed by atoms with Crippen LogP contribution >= 0.6 is 22.6 Å². The molecule has 5 nitrogen and oxygen atoms in total. The Morgan fingerprint density at radius 2 is 2.15 bits per heavy atom. The second kappa shape index (κ2) is 7.98. The first-order chi connectivity index (χ1) is 13.1. The fourth-order valence-corrected chi connectivity index (χ4v) is 4.21. The van der Waals surface area contributed by atoms with E-state index in [1.54, 1.807) is 6.20 Å². The first-order valence-electron chi connectivity index (χ1n) is 9.23. The fraction of sp³-hybridized carbons (Fsp3) is 0.333. The third-order valence-corrected chi connectivity index (χ3v) is 5.65. The van der Waals surface area contributed by atoms with Gasteiger partial charge in [0.2, 0.25) is 0 Å². The van der Waals surface area contributed by atoms with Gasteiger partial charge in [-0.25, -0.2) is 4.98 Å². The Labute approximate surface area is 172 Å². The van der Waals surface area contributed by atoms with Crippen LogP contribution < -0.4 is 5.32 Å². The molecule has 140 valence electrons. The van der Waals surface area contributed by atoms with Crippen LogP contribution in [0.1, 0.15) is 35.2 Å². The number of fused-ring (bicyclic) bond motifs is 1. The molecular weight excluding hydrogens is 453 g/mol. The van der Waals surface area contributed by atoms with Gasteiger partial charge in [0.1, 0.15) is 0 Å². The number of imidazole rings is 1. The third-order valence-electron chi connectivity index (χ3n) is 5.06. The number of ether oxygens (including phenoxy) is 1. The van der Waals surface area contributed by atoms with Crippen LogP contribution in [0.2, 0.25) is 0 Å². The summed E-state index contributed by atoms with van der Waals surface area (Å²) in [6, 6.07) is 8.00. The highest BCUT2D eigenvalue weighted by Gasteiger charge is 2.22. The van der Waals surface area contributed by atoms with Gasteiger partial charge in [-0.15, -0.1) is 0 Å². The molecule has 3 heterocycles. The molecule has 27 heavy (non-hydrogen) atoms. The Morgan fingerprint density at radius 3 is 3.00 bits per heavy atom. The first-order valence-corrected chi connectivity index (χ1v) is 10.3. The van der Waals surface area contributed by atoms with E-state index in [-0.39, 0.29) is 11.7 Å². The molecule has 0 aliphatic carbocycles. The van der Waals surface area contributed by atoms with Gasteiger partial charge in [-0.1, -0.05) is 0 Å². The van der Waals surface area contributed by atoms with E-state index in [1.807, 2.05) is 41.9 Å². The van der Waals surface area contributed by atoms with Gasteiger partial charge in [-0.3, -0.25) is 4.79 Å². The molecule has 1 aliphatic rings. The largest absolute Gasteiger partial charge is 0.381 e. The zero-order valence-electron chi connectivity index (χ0n) is 15.2. The van der Waals surface area contributed by atoms with E-state index >= 15 is 0 Å². The second-order valence-electron chi connectivity index (χ2n) is 6.99. The number of nitrogens with one attached hydrogen (secondary N) is 1. The number of hydrogen-bond donors (Lipinski definition) is 1. The maximum absolute atomic E-state index is 12.9. The third kappa shape index (κ3) is 4.01. The van der Waals surface area contributed by atoms with Gasteiger partial charge >= 0.3 is 0 Å². The highest BCUT2D eigenvalue weighted by molar-refractivity contribution is 14.1. The number of carbonyl (C=O) groups excluding carboxylic acids is 1. The summed E-state index contributed by atoms with van der Waals surface area (Å²) in [5, 5.41) is 3.48. The minimum absolute atomic E-state index is 0.0750. The molecule has 1 unspecified atom stereocenters. The molecule has 1 atom stereocenters. The van der Waals surface area contributed by atoms with E-state index in [4.69, 9.17) is 4.74 Å². The Morgan fingerprint density at radius 1 is 1.26 bits per heavy atom. The molecule has 4 rings (SSSR count). The molecule has 0 spiro atoms. The number of anilines is 2. The Bertz CT molecular complexity index is 975. The Balaban J connectivity index is 1.58. The molecule has 1 aliphatic heterocycles. The van der Waals surface area contributed by atoms with E-state index in [1.165, 1.54) is 0 Å². The van der Waals surface area contributed by atoms with Crippen molar-refractivity contribution in [2.24, 2.45) is 5.92 Å². The topological polar surface area (TPSA) is 55.6 Å². The number of Topliss-reactive ketones (excluding diaryl/α,β-unsaturated/α-hetero) is 1. The van der Waals surface area contributed by atoms with Gasteiger partial charge in [0.05, 0.1) is 5.69 Å². The van der Waals surface area contributed by atoms with Crippen molar-refractivity contribution in [1.82, 2.24) is 9.38 Å². The smallest absolute Gasteiger partial charge is 0.166 e. The standard InChI is InChI=1S/C21H22IN3O2/c1-14-11-16(20(26)15-3-2-9-27-10-6-15)4-5-18(14)24-19-12-17(22)13-25-8-7-23-21(19)25/h4-5,7-8,11-13,15,24H,2-3,6,9-10H2,1H3. The van der Waals surface area contributed by atoms with Crippen molar-refractivity contribution < 1.29 is 9.53 Å². The lowest BCUT2D eigenvalue weighted by Crippen LogP contribution is -2.15. The van der Waals surface area contributed by atoms with Crippen molar-refractivity contribution >= 4 is 45.4 Å². The van der Waals surface area contributed by atoms with Crippen molar-refractivity contribution in [1.29, 1.82) is 0 Å². The van der Waals surface area contributed by atoms with Crippen molar-refractivity contribution in [3.63, 3.8) is 0 Å². The predicted molar refractivity (Wildman–Crippen MR) is 115 cm³/mol. The molecule has 0 amide bonds. The van der Waals surface area contributed by atoms with Crippen LogP contribution in [-0.2, 0) is 4.74 Å². The average molecular weight is 475 g/mol. The first kappa shape index (κ1) is 18.4. The van der Waals surface area contributed by atoms with Crippen LogP contribution in [0.5, 0.6) is 0 Å². The van der Waals surface area contributed by atoms with E-state index in [9.17, 15) is 4.79 Å². The number of hydrogen-bond acceptors (Lipinski definition) is 4. The highest BCUT2D eigenvalue weighted by Crippen LogP contribution is 2.28. The van der Waals surface area contributed by atoms with Crippen LogP contribution in [0.3, 0.4) is 0 Å². The SMILES string of the molecule is Cc1cc(C(=O)C2CCCOCC2)ccc1Nc1cc(I)cn2ccnc12. The number of halogens is 1. The Hall–Kier alpha value is -1.93. The maximum atomic E-state index is 12.9. The van der Waals surface area contributed by atoms with Gasteiger partial charge in [0.25, 0.3) is 0 Å². The van der Waals surface area contributed by atoms with Crippen LogP contribution in [-0.4, -0.2) is 28.4 Å². The van der Waals surface area contributed by atoms with Crippen LogP contribution in [0.4, 0.5) is 11.4 Å². The maximum Gasteiger partial charge on any atom is 0.166 e. The number of carbonyl (C=O) groups is 1. The molecule has 6 heteroatoms. The van der Waals surface area contributed by atoms with Gasteiger partial charge in [-0.05, 0) is 78.6 Å². The summed E-state index contributed by atoms with van der Waals surface area (Å²) >= 11 is 2.30. The quantitative estimate of drug-likeness (QED) is 0.427. The normalized spacial score (nSPS) is 17.6. The number of aryl methyl sites for hydroxylation is 1. The van der Waals surface area contributed by atoms with Crippen molar-refractivity contribution in [2.45, 2.75) is 26.2 Å². The minimum atomic E-state index is 0.0750. The summed E-state index contributed by atoms with van der Waals surface area (Å²) in [4.78, 5) is 17.3. The molecule has 1 N–H and O–H groups in total. The van der Waals surface area contributed by atoms with Crippen LogP contribution in [0.25, 0.3) is 5.65 Å². The number of pyridine rings is 1. The lowest BCUT2D eigenvalue weighted by molar-refractivity contribution is 0.0893. The number of nitrogens with zero attached hydrogens (tertiary/aromatic N) is 2. The van der Waals surface area contributed by atoms with Gasteiger partial charge in [0.15, 0.2) is 11.4 Å². The number of ketones is 1. The average Bonchev–Trinajstić information content (AvgIpc) is 2.96. The number of aromatic nitrogens is 2. The molecule has 0 radical (unpaired) electrons. The van der Waals surface area contributed by atoms with Gasteiger partial charge in [-0.2, -0.15) is 0 Å². The van der Waals surface area contributed by atoms with E-state index in [0.717, 1.165) is 57.6 Å². The van der Waals surface area contributed by atoms with Gasteiger partial charge in [0, 0.05) is 52.5 Å². The van der Waals surface area contributed by atoms with E-state index in [0.29, 0.717) is 6.61 Å². The van der Waals surface area contributed by atoms with Crippen molar-refractivity contribution in [2.75, 3.05) is 18.5 Å². The molecule has 1 aromatic carbocycles. The summed E-state index contributed by atoms with van der Waals surface area (Å²) in [5.74, 6) is 0.311. The molecule has 2 aromatic heterocycles. The zero-order valence-corrected chi connectivity index (χ0v) is 17.4. The van der Waals surface area contributed by atoms with Crippen molar-refractivity contribution in [3.05, 3.63) is 57.6 Å². The summed E-state index contributed by atoms with van der Waals surface area (Å²) < 4.78 is 8.62. The van der Waals surface area contributed by atoms with Crippen molar-refractivity contribution in [3.8, 4) is 0 Å². The molecule has 1 fully saturated rings. The summed E-state index contributed by atoms with van der Waals surface area (Å²) in [7, 11) is 0. The lowest BCUT2D eigenvalue weighted by Gasteiger charge is -2.15. The lowest BCUT2D eigenvalue weighted by atomic mass is 9.90. The summed E-state index contributed by atoms with van der Waals surface area (Å²) in [6.45, 7) is 3.48. The fourth-order valence-electron chi connectivity index (χ4n) is 3.59. The monoisotopic (exact) mass is 475 g/mol. The molecule has 1 saturated heterocycles. The number of benzene rings is 1. The van der Waals surface area contributed by atoms with E-state index < -0.39 is 0 Å². The minimum Gasteiger partial charge on any atom is -0.381 e. The predicted octanol–water partition coefficient (Wildman–Crippen LogP) is 4.99. The molecule has 3 aromatic rings. The molecular formula is C21H22IN3O2. The summed E-state index contributed by atoms with van der Waals surface area (Å²) in [5.41, 5.74) is 4.67. The zero-order chi connectivity index (χ0) is 18.8. The van der Waals surface area contributed by atoms with E-state index in [2.05, 4.69) is 39.0 Å². The second-order valence-corrected chi connectivity index (χ2v) is 8.23. The van der Waals surface area contributed by atoms with Gasteiger partial charge < -0.3 is 14.5 Å². The molecule has 0 bridgehead atoms. The van der Waals surface area contributed by atoms with Crippen LogP contribution in [0, 0.1) is 16.4 Å². The number of rotatable bonds is 4. The highest BCUT2D eigenvalue weighted by atomic mass is 127. The van der Waals surface area contributed by atoms with Crippen LogP contribution in [0.15, 0.2) is 42.9 Å². The Kier molecular flexibility index (Phi) is 5.45. The molecule has 0 saturated carbocycles.